The lowest BCUT2D eigenvalue weighted by molar-refractivity contribution is -0.884. The molecule has 4 N–H and O–H groups in total. The monoisotopic (exact) mass is 433 g/mol. The molecule has 2 aromatic rings. The number of nitrogens with one attached hydrogen (secondary N) is 1. The van der Waals surface area contributed by atoms with Crippen molar-refractivity contribution in [1.29, 1.82) is 0 Å². The van der Waals surface area contributed by atoms with E-state index in [1.807, 2.05) is 30.3 Å². The number of aliphatic hydroxyl groups excluding tert-OH is 1. The van der Waals surface area contributed by atoms with Gasteiger partial charge in [0.05, 0.1) is 33.8 Å². The van der Waals surface area contributed by atoms with Gasteiger partial charge in [-0.25, -0.2) is 4.39 Å². The Labute approximate surface area is 184 Å². The minimum Gasteiger partial charge on any atom is -0.497 e. The number of quaternary nitrogens is 2. The van der Waals surface area contributed by atoms with Crippen molar-refractivity contribution in [2.75, 3.05) is 60.0 Å². The highest BCUT2D eigenvalue weighted by molar-refractivity contribution is 5.40. The zero-order valence-electron chi connectivity index (χ0n) is 18.6. The summed E-state index contributed by atoms with van der Waals surface area (Å²) in [4.78, 5) is 3.83. The Bertz CT molecular complexity index is 812. The zero-order valence-corrected chi connectivity index (χ0v) is 18.6. The highest BCUT2D eigenvalue weighted by Crippen LogP contribution is 2.24. The molecular formula is C24H36FN3O3+2. The summed E-state index contributed by atoms with van der Waals surface area (Å²) >= 11 is 0. The van der Waals surface area contributed by atoms with E-state index in [0.29, 0.717) is 19.5 Å². The van der Waals surface area contributed by atoms with Gasteiger partial charge in [0, 0.05) is 37.7 Å². The van der Waals surface area contributed by atoms with Crippen LogP contribution in [0.25, 0.3) is 0 Å². The number of piperazine rings is 1. The van der Waals surface area contributed by atoms with Crippen molar-refractivity contribution in [3.8, 4) is 11.5 Å². The summed E-state index contributed by atoms with van der Waals surface area (Å²) in [6.07, 6.45) is 0.132. The fraction of sp³-hybridized carbons (Fsp3) is 0.500. The number of hydrogen-bond donors (Lipinski definition) is 3. The van der Waals surface area contributed by atoms with Crippen LogP contribution in [0.15, 0.2) is 42.5 Å². The predicted octanol–water partition coefficient (Wildman–Crippen LogP) is -0.290. The van der Waals surface area contributed by atoms with Gasteiger partial charge in [-0.2, -0.15) is 0 Å². The Morgan fingerprint density at radius 2 is 1.94 bits per heavy atom. The van der Waals surface area contributed by atoms with Crippen LogP contribution < -0.4 is 19.7 Å². The van der Waals surface area contributed by atoms with Crippen molar-refractivity contribution in [3.63, 3.8) is 0 Å². The van der Waals surface area contributed by atoms with E-state index in [2.05, 4.69) is 17.3 Å². The van der Waals surface area contributed by atoms with Gasteiger partial charge in [0.25, 0.3) is 0 Å². The minimum atomic E-state index is -0.539. The largest absolute Gasteiger partial charge is 0.497 e. The molecule has 1 saturated heterocycles. The molecule has 0 aliphatic carbocycles. The molecule has 2 aromatic carbocycles. The van der Waals surface area contributed by atoms with Crippen molar-refractivity contribution < 1.29 is 29.2 Å². The van der Waals surface area contributed by atoms with Crippen LogP contribution in [0, 0.1) is 5.82 Å². The summed E-state index contributed by atoms with van der Waals surface area (Å²) in [6.45, 7) is 6.59. The Morgan fingerprint density at radius 1 is 1.16 bits per heavy atom. The fourth-order valence-corrected chi connectivity index (χ4v) is 3.84. The molecule has 1 aliphatic rings. The van der Waals surface area contributed by atoms with Crippen LogP contribution in [0.4, 0.5) is 4.39 Å². The number of nitrogens with zero attached hydrogens (tertiary/aromatic N) is 1. The molecule has 0 unspecified atom stereocenters. The number of halogens is 1. The first-order valence-electron chi connectivity index (χ1n) is 11.1. The molecule has 1 atom stereocenters. The van der Waals surface area contributed by atoms with Crippen molar-refractivity contribution in [2.45, 2.75) is 19.1 Å². The number of rotatable bonds is 11. The summed E-state index contributed by atoms with van der Waals surface area (Å²) < 4.78 is 25.1. The lowest BCUT2D eigenvalue weighted by atomic mass is 10.1. The van der Waals surface area contributed by atoms with Gasteiger partial charge in [-0.15, -0.1) is 0 Å². The number of ether oxygens (including phenoxy) is 2. The SMILES string of the molecule is COc1ccc(C[NH2+]CCc2ccccc2F)c(OC[C@@H](O)CN2CC[NH+](C)CC2)c1. The van der Waals surface area contributed by atoms with Crippen LogP contribution in [0.5, 0.6) is 11.5 Å². The van der Waals surface area contributed by atoms with Crippen molar-refractivity contribution >= 4 is 0 Å². The maximum Gasteiger partial charge on any atom is 0.131 e. The number of β-amino-alcohol motifs (C(OH)–C–C–N with tert-alkyl or cyclic N) is 1. The molecule has 6 nitrogen and oxygen atoms in total. The van der Waals surface area contributed by atoms with E-state index in [9.17, 15) is 9.50 Å². The number of likely N-dealkylation sites (N-methyl/N-ethyl adjacent to an activating group) is 1. The molecule has 170 valence electrons. The Kier molecular flexibility index (Phi) is 9.09. The molecule has 1 fully saturated rings. The van der Waals surface area contributed by atoms with E-state index < -0.39 is 6.10 Å². The summed E-state index contributed by atoms with van der Waals surface area (Å²) in [6, 6.07) is 12.7. The molecule has 0 spiro atoms. The highest BCUT2D eigenvalue weighted by atomic mass is 19.1. The lowest BCUT2D eigenvalue weighted by Gasteiger charge is -2.31. The van der Waals surface area contributed by atoms with Crippen molar-refractivity contribution in [3.05, 3.63) is 59.4 Å². The highest BCUT2D eigenvalue weighted by Gasteiger charge is 2.20. The first-order valence-corrected chi connectivity index (χ1v) is 11.1. The van der Waals surface area contributed by atoms with E-state index in [1.165, 1.54) is 11.0 Å². The smallest absolute Gasteiger partial charge is 0.131 e. The van der Waals surface area contributed by atoms with Crippen molar-refractivity contribution in [2.24, 2.45) is 0 Å². The average molecular weight is 434 g/mol. The second-order valence-corrected chi connectivity index (χ2v) is 8.32. The van der Waals surface area contributed by atoms with Gasteiger partial charge in [-0.1, -0.05) is 18.2 Å². The van der Waals surface area contributed by atoms with Crippen LogP contribution in [-0.4, -0.2) is 76.1 Å². The Hall–Kier alpha value is -2.19. The number of benzene rings is 2. The van der Waals surface area contributed by atoms with Crippen LogP contribution in [0.3, 0.4) is 0 Å². The van der Waals surface area contributed by atoms with E-state index >= 15 is 0 Å². The predicted molar refractivity (Wildman–Crippen MR) is 118 cm³/mol. The molecule has 0 radical (unpaired) electrons. The average Bonchev–Trinajstić information content (AvgIpc) is 2.78. The van der Waals surface area contributed by atoms with E-state index in [4.69, 9.17) is 9.47 Å². The number of aliphatic hydroxyl groups is 1. The van der Waals surface area contributed by atoms with Gasteiger partial charge in [0.15, 0.2) is 0 Å². The first kappa shape index (κ1) is 23.5. The topological polar surface area (TPSA) is 63.0 Å². The third kappa shape index (κ3) is 7.47. The molecule has 1 aliphatic heterocycles. The quantitative estimate of drug-likeness (QED) is 0.427. The summed E-state index contributed by atoms with van der Waals surface area (Å²) in [5.74, 6) is 1.30. The second kappa shape index (κ2) is 12.0. The maximum atomic E-state index is 13.8. The molecule has 3 rings (SSSR count). The van der Waals surface area contributed by atoms with Crippen LogP contribution >= 0.6 is 0 Å². The van der Waals surface area contributed by atoms with Gasteiger partial charge < -0.3 is 24.8 Å². The summed E-state index contributed by atoms with van der Waals surface area (Å²) in [5.41, 5.74) is 1.77. The molecule has 31 heavy (non-hydrogen) atoms. The second-order valence-electron chi connectivity index (χ2n) is 8.32. The molecule has 7 heteroatoms. The van der Waals surface area contributed by atoms with Gasteiger partial charge in [-0.05, 0) is 23.8 Å². The zero-order chi connectivity index (χ0) is 22.1. The van der Waals surface area contributed by atoms with E-state index in [0.717, 1.165) is 55.3 Å². The standard InChI is InChI=1S/C24H34FN3O3/c1-27-11-13-28(14-12-27)17-21(29)18-31-24-15-22(30-2)8-7-20(24)16-26-10-9-19-5-3-4-6-23(19)25/h3-8,15,21,26,29H,9-14,16-18H2,1-2H3/p+2/t21-/m0/s1. The molecular weight excluding hydrogens is 397 g/mol. The number of nitrogens with two attached hydrogens (primary N) is 1. The Balaban J connectivity index is 1.50. The summed E-state index contributed by atoms with van der Waals surface area (Å²) in [7, 11) is 3.83. The molecule has 0 bridgehead atoms. The van der Waals surface area contributed by atoms with Crippen LogP contribution in [0.1, 0.15) is 11.1 Å². The molecule has 0 amide bonds. The van der Waals surface area contributed by atoms with Gasteiger partial charge in [0.1, 0.15) is 36.6 Å². The maximum absolute atomic E-state index is 13.8. The molecule has 0 saturated carbocycles. The molecule has 0 aromatic heterocycles. The first-order chi connectivity index (χ1) is 15.0. The van der Waals surface area contributed by atoms with Gasteiger partial charge in [-0.3, -0.25) is 4.90 Å². The fourth-order valence-electron chi connectivity index (χ4n) is 3.84. The van der Waals surface area contributed by atoms with Crippen LogP contribution in [0.2, 0.25) is 0 Å². The van der Waals surface area contributed by atoms with Crippen molar-refractivity contribution in [1.82, 2.24) is 4.90 Å². The third-order valence-corrected chi connectivity index (χ3v) is 5.82. The third-order valence-electron chi connectivity index (χ3n) is 5.82. The van der Waals surface area contributed by atoms with Gasteiger partial charge >= 0.3 is 0 Å². The van der Waals surface area contributed by atoms with E-state index in [-0.39, 0.29) is 12.4 Å². The normalized spacial score (nSPS) is 16.3. The summed E-state index contributed by atoms with van der Waals surface area (Å²) in [5, 5.41) is 12.6. The lowest BCUT2D eigenvalue weighted by Crippen LogP contribution is -3.12. The van der Waals surface area contributed by atoms with Gasteiger partial charge in [0.2, 0.25) is 0 Å². The number of hydrogen-bond acceptors (Lipinski definition) is 4. The number of methoxy groups -OCH3 is 1. The Morgan fingerprint density at radius 3 is 2.68 bits per heavy atom. The molecule has 1 heterocycles. The van der Waals surface area contributed by atoms with E-state index in [1.54, 1.807) is 13.2 Å². The minimum absolute atomic E-state index is 0.153. The van der Waals surface area contributed by atoms with Crippen LogP contribution in [-0.2, 0) is 13.0 Å².